The predicted octanol–water partition coefficient (Wildman–Crippen LogP) is 3.67. The molecule has 0 aliphatic carbocycles. The molecule has 2 aliphatic rings. The Kier molecular flexibility index (Phi) is 8.68. The van der Waals surface area contributed by atoms with Crippen LogP contribution in [0.1, 0.15) is 26.5 Å². The van der Waals surface area contributed by atoms with Gasteiger partial charge in [0.15, 0.2) is 23.5 Å². The number of anilines is 2. The Morgan fingerprint density at radius 2 is 1.89 bits per heavy atom. The van der Waals surface area contributed by atoms with E-state index in [-0.39, 0.29) is 35.8 Å². The van der Waals surface area contributed by atoms with Crippen molar-refractivity contribution in [2.45, 2.75) is 50.6 Å². The number of carbonyl (C=O) groups is 1. The van der Waals surface area contributed by atoms with Crippen molar-refractivity contribution >= 4 is 34.4 Å². The van der Waals surface area contributed by atoms with Crippen LogP contribution in [0.25, 0.3) is 11.2 Å². The second-order valence-electron chi connectivity index (χ2n) is 11.6. The van der Waals surface area contributed by atoms with Crippen molar-refractivity contribution in [1.82, 2.24) is 29.7 Å². The number of hydrogen-bond acceptors (Lipinski definition) is 12. The van der Waals surface area contributed by atoms with Crippen LogP contribution in [0.4, 0.5) is 22.0 Å². The number of urea groups is 1. The number of hydrogen-bond donors (Lipinski definition) is 3. The number of benzene rings is 2. The lowest BCUT2D eigenvalue weighted by Gasteiger charge is -2.27. The van der Waals surface area contributed by atoms with Crippen LogP contribution in [0, 0.1) is 10.1 Å². The van der Waals surface area contributed by atoms with Crippen LogP contribution in [0.5, 0.6) is 11.5 Å². The summed E-state index contributed by atoms with van der Waals surface area (Å²) in [6.45, 7) is 5.49. The van der Waals surface area contributed by atoms with Crippen LogP contribution in [0.15, 0.2) is 61.2 Å². The first-order valence-electron chi connectivity index (χ1n) is 14.8. The van der Waals surface area contributed by atoms with Crippen LogP contribution >= 0.6 is 0 Å². The summed E-state index contributed by atoms with van der Waals surface area (Å²) < 4.78 is 26.4. The summed E-state index contributed by atoms with van der Waals surface area (Å²) >= 11 is 0. The molecule has 6 rings (SSSR count). The number of imidazole rings is 1. The molecular weight excluding hydrogens is 598 g/mol. The Balaban J connectivity index is 0.969. The van der Waals surface area contributed by atoms with Gasteiger partial charge < -0.3 is 40.2 Å². The first-order valence-corrected chi connectivity index (χ1v) is 14.8. The van der Waals surface area contributed by atoms with Crippen LogP contribution in [0.3, 0.4) is 0 Å². The van der Waals surface area contributed by atoms with Gasteiger partial charge in [0.2, 0.25) is 5.75 Å². The van der Waals surface area contributed by atoms with Gasteiger partial charge >= 0.3 is 11.7 Å². The Morgan fingerprint density at radius 1 is 1.13 bits per heavy atom. The lowest BCUT2D eigenvalue weighted by atomic mass is 10.1. The van der Waals surface area contributed by atoms with Gasteiger partial charge in [-0.05, 0) is 64.2 Å². The van der Waals surface area contributed by atoms with Crippen LogP contribution in [-0.4, -0.2) is 86.2 Å². The van der Waals surface area contributed by atoms with Crippen molar-refractivity contribution < 1.29 is 28.7 Å². The molecule has 0 saturated carbocycles. The molecule has 0 spiro atoms. The molecule has 16 nitrogen and oxygen atoms in total. The summed E-state index contributed by atoms with van der Waals surface area (Å²) in [6.07, 6.45) is 2.26. The lowest BCUT2D eigenvalue weighted by Crippen LogP contribution is -2.39. The van der Waals surface area contributed by atoms with Gasteiger partial charge in [-0.3, -0.25) is 14.7 Å². The molecule has 242 valence electrons. The second kappa shape index (κ2) is 12.8. The molecule has 4 N–H and O–H groups in total. The topological polar surface area (TPSA) is 194 Å². The molecule has 0 bridgehead atoms. The van der Waals surface area contributed by atoms with Crippen molar-refractivity contribution in [3.05, 3.63) is 71.3 Å². The van der Waals surface area contributed by atoms with E-state index in [1.165, 1.54) is 18.5 Å². The van der Waals surface area contributed by atoms with E-state index in [0.29, 0.717) is 54.5 Å². The maximum Gasteiger partial charge on any atom is 0.319 e. The van der Waals surface area contributed by atoms with Gasteiger partial charge in [-0.15, -0.1) is 0 Å². The van der Waals surface area contributed by atoms with Crippen molar-refractivity contribution in [2.75, 3.05) is 37.7 Å². The average Bonchev–Trinajstić information content (AvgIpc) is 3.68. The molecule has 2 saturated heterocycles. The van der Waals surface area contributed by atoms with E-state index < -0.39 is 16.9 Å². The zero-order chi connectivity index (χ0) is 32.4. The highest BCUT2D eigenvalue weighted by molar-refractivity contribution is 5.89. The lowest BCUT2D eigenvalue weighted by molar-refractivity contribution is -0.385. The zero-order valence-corrected chi connectivity index (χ0v) is 25.5. The molecule has 2 amide bonds. The summed E-state index contributed by atoms with van der Waals surface area (Å²) in [6, 6.07) is 12.3. The van der Waals surface area contributed by atoms with Gasteiger partial charge in [0.1, 0.15) is 35.9 Å². The van der Waals surface area contributed by atoms with E-state index in [4.69, 9.17) is 24.7 Å². The normalized spacial score (nSPS) is 21.7. The molecule has 16 heteroatoms. The Hall–Kier alpha value is -4.90. The fourth-order valence-electron chi connectivity index (χ4n) is 5.64. The monoisotopic (exact) mass is 633 g/mol. The highest BCUT2D eigenvalue weighted by Crippen LogP contribution is 2.44. The zero-order valence-electron chi connectivity index (χ0n) is 25.5. The number of nitrogens with two attached hydrogens (primary N) is 1. The minimum Gasteiger partial charge on any atom is -0.450 e. The number of nitrogens with zero attached hydrogens (tertiary/aromatic N) is 6. The average molecular weight is 634 g/mol. The van der Waals surface area contributed by atoms with Crippen molar-refractivity contribution in [3.8, 4) is 11.5 Å². The van der Waals surface area contributed by atoms with Gasteiger partial charge in [-0.1, -0.05) is 12.1 Å². The SMILES string of the molecule is CN(CCCNC(=O)Nc1ccc(Oc2ccccc2[N+](=O)[O-])cc1)C[C@H]1O[C@@H](n2cnc3c(N)ncnc32)[C@@H]2OC(C)(C)O[C@@H]21. The molecule has 2 aromatic heterocycles. The minimum atomic E-state index is -0.772. The first kappa shape index (κ1) is 31.1. The maximum absolute atomic E-state index is 12.5. The van der Waals surface area contributed by atoms with E-state index >= 15 is 0 Å². The molecule has 2 aliphatic heterocycles. The number of rotatable bonds is 11. The third-order valence-corrected chi connectivity index (χ3v) is 7.68. The smallest absolute Gasteiger partial charge is 0.319 e. The highest BCUT2D eigenvalue weighted by atomic mass is 16.8. The first-order chi connectivity index (χ1) is 22.1. The molecule has 0 unspecified atom stereocenters. The van der Waals surface area contributed by atoms with E-state index in [9.17, 15) is 14.9 Å². The number of para-hydroxylation sites is 2. The summed E-state index contributed by atoms with van der Waals surface area (Å²) in [5.41, 5.74) is 7.46. The summed E-state index contributed by atoms with van der Waals surface area (Å²) in [5, 5.41) is 16.8. The number of likely N-dealkylation sites (N-methyl/N-ethyl adjacent to an activating group) is 1. The number of fused-ring (bicyclic) bond motifs is 2. The van der Waals surface area contributed by atoms with Gasteiger partial charge in [0.25, 0.3) is 0 Å². The number of nitro benzene ring substituents is 1. The van der Waals surface area contributed by atoms with Crippen LogP contribution in [0.2, 0.25) is 0 Å². The van der Waals surface area contributed by atoms with E-state index in [1.807, 2.05) is 25.5 Å². The second-order valence-corrected chi connectivity index (χ2v) is 11.6. The number of nitro groups is 1. The number of aromatic nitrogens is 4. The third kappa shape index (κ3) is 6.69. The van der Waals surface area contributed by atoms with E-state index in [1.54, 1.807) is 42.7 Å². The number of nitrogens with one attached hydrogen (secondary N) is 2. The molecule has 0 radical (unpaired) electrons. The number of nitrogen functional groups attached to an aromatic ring is 1. The minimum absolute atomic E-state index is 0.131. The van der Waals surface area contributed by atoms with E-state index in [2.05, 4.69) is 30.5 Å². The Bertz CT molecular complexity index is 1710. The highest BCUT2D eigenvalue weighted by Gasteiger charge is 2.56. The number of carbonyl (C=O) groups excluding carboxylic acids is 1. The molecule has 2 fully saturated rings. The van der Waals surface area contributed by atoms with Crippen molar-refractivity contribution in [3.63, 3.8) is 0 Å². The number of ether oxygens (including phenoxy) is 4. The van der Waals surface area contributed by atoms with Crippen LogP contribution in [-0.2, 0) is 14.2 Å². The maximum atomic E-state index is 12.5. The van der Waals surface area contributed by atoms with Gasteiger partial charge in [0, 0.05) is 24.8 Å². The molecule has 2 aromatic carbocycles. The predicted molar refractivity (Wildman–Crippen MR) is 166 cm³/mol. The third-order valence-electron chi connectivity index (χ3n) is 7.68. The Labute approximate surface area is 264 Å². The largest absolute Gasteiger partial charge is 0.450 e. The fraction of sp³-hybridized carbons (Fsp3) is 0.400. The summed E-state index contributed by atoms with van der Waals surface area (Å²) in [5.74, 6) is 0.0614. The van der Waals surface area contributed by atoms with E-state index in [0.717, 1.165) is 0 Å². The number of amides is 2. The van der Waals surface area contributed by atoms with Gasteiger partial charge in [-0.2, -0.15) is 0 Å². The molecule has 4 heterocycles. The quantitative estimate of drug-likeness (QED) is 0.123. The molecule has 4 aromatic rings. The summed E-state index contributed by atoms with van der Waals surface area (Å²) in [7, 11) is 1.99. The molecular formula is C30H35N9O7. The van der Waals surface area contributed by atoms with Gasteiger partial charge in [-0.25, -0.2) is 19.7 Å². The summed E-state index contributed by atoms with van der Waals surface area (Å²) in [4.78, 5) is 38.0. The van der Waals surface area contributed by atoms with Gasteiger partial charge in [0.05, 0.1) is 11.3 Å². The standard InChI is InChI=1S/C30H35N9O7/c1-30(2)45-24-22(44-28(25(24)46-30)38-17-35-23-26(31)33-16-34-27(23)38)15-37(3)14-6-13-32-29(40)36-18-9-11-19(12-10-18)43-21-8-5-4-7-20(21)39(41)42/h4-5,7-12,16-17,22,24-25,28H,6,13-15H2,1-3H3,(H2,31,33,34)(H2,32,36,40)/t22-,24-,25-,28-/m1/s1. The Morgan fingerprint density at radius 3 is 2.67 bits per heavy atom. The fourth-order valence-corrected chi connectivity index (χ4v) is 5.64. The molecule has 46 heavy (non-hydrogen) atoms. The van der Waals surface area contributed by atoms with Crippen molar-refractivity contribution in [2.24, 2.45) is 0 Å². The van der Waals surface area contributed by atoms with Crippen molar-refractivity contribution in [1.29, 1.82) is 0 Å². The molecule has 4 atom stereocenters. The van der Waals surface area contributed by atoms with Crippen LogP contribution < -0.4 is 21.1 Å².